The van der Waals surface area contributed by atoms with E-state index in [1.807, 2.05) is 6.07 Å². The van der Waals surface area contributed by atoms with Crippen LogP contribution in [0.1, 0.15) is 30.0 Å². The van der Waals surface area contributed by atoms with Gasteiger partial charge in [-0.25, -0.2) is 0 Å². The number of rotatable bonds is 8. The largest absolute Gasteiger partial charge is 0.493 e. The average molecular weight is 408 g/mol. The number of hydrogen-bond donors (Lipinski definition) is 1. The molecule has 5 heteroatoms. The fourth-order valence-corrected chi connectivity index (χ4v) is 4.33. The normalized spacial score (nSPS) is 17.9. The Balaban J connectivity index is 1.15. The molecule has 160 valence electrons. The SMILES string of the molecule is C[C@@H](CCc1ccccc1)NC(=O)CN1CCN(Cc2ccc3c(c2)CCO3)CC1. The molecule has 2 aliphatic rings. The van der Waals surface area contributed by atoms with Gasteiger partial charge in [0.1, 0.15) is 5.75 Å². The minimum absolute atomic E-state index is 0.141. The van der Waals surface area contributed by atoms with Crippen LogP contribution in [0.15, 0.2) is 48.5 Å². The van der Waals surface area contributed by atoms with Gasteiger partial charge in [-0.15, -0.1) is 0 Å². The fraction of sp³-hybridized carbons (Fsp3) is 0.480. The summed E-state index contributed by atoms with van der Waals surface area (Å²) in [6.45, 7) is 8.28. The highest BCUT2D eigenvalue weighted by Gasteiger charge is 2.20. The van der Waals surface area contributed by atoms with Crippen molar-refractivity contribution in [1.82, 2.24) is 15.1 Å². The van der Waals surface area contributed by atoms with E-state index in [4.69, 9.17) is 4.74 Å². The van der Waals surface area contributed by atoms with Crippen LogP contribution in [0.4, 0.5) is 0 Å². The first kappa shape index (κ1) is 20.9. The number of aryl methyl sites for hydroxylation is 1. The Morgan fingerprint density at radius 3 is 2.60 bits per heavy atom. The second kappa shape index (κ2) is 10.1. The van der Waals surface area contributed by atoms with Crippen LogP contribution in [-0.4, -0.2) is 61.1 Å². The first-order chi connectivity index (χ1) is 14.7. The summed E-state index contributed by atoms with van der Waals surface area (Å²) < 4.78 is 5.60. The van der Waals surface area contributed by atoms with Crippen LogP contribution >= 0.6 is 0 Å². The topological polar surface area (TPSA) is 44.8 Å². The third-order valence-electron chi connectivity index (χ3n) is 6.11. The number of fused-ring (bicyclic) bond motifs is 1. The van der Waals surface area contributed by atoms with Crippen molar-refractivity contribution in [2.24, 2.45) is 0 Å². The van der Waals surface area contributed by atoms with Crippen molar-refractivity contribution in [3.63, 3.8) is 0 Å². The van der Waals surface area contributed by atoms with E-state index in [1.165, 1.54) is 16.7 Å². The third-order valence-corrected chi connectivity index (χ3v) is 6.11. The van der Waals surface area contributed by atoms with Crippen molar-refractivity contribution < 1.29 is 9.53 Å². The summed E-state index contributed by atoms with van der Waals surface area (Å²) >= 11 is 0. The summed E-state index contributed by atoms with van der Waals surface area (Å²) in [5.41, 5.74) is 4.02. The molecule has 0 unspecified atom stereocenters. The van der Waals surface area contributed by atoms with Gasteiger partial charge in [0.05, 0.1) is 13.2 Å². The van der Waals surface area contributed by atoms with E-state index < -0.39 is 0 Å². The zero-order valence-corrected chi connectivity index (χ0v) is 18.0. The lowest BCUT2D eigenvalue weighted by Gasteiger charge is -2.34. The maximum Gasteiger partial charge on any atom is 0.234 e. The molecule has 0 saturated carbocycles. The van der Waals surface area contributed by atoms with E-state index in [0.29, 0.717) is 6.54 Å². The molecule has 4 rings (SSSR count). The molecule has 0 spiro atoms. The Bertz CT molecular complexity index is 832. The van der Waals surface area contributed by atoms with Crippen LogP contribution in [0.3, 0.4) is 0 Å². The maximum absolute atomic E-state index is 12.4. The fourth-order valence-electron chi connectivity index (χ4n) is 4.33. The Hall–Kier alpha value is -2.37. The van der Waals surface area contributed by atoms with Crippen molar-refractivity contribution in [1.29, 1.82) is 0 Å². The first-order valence-corrected chi connectivity index (χ1v) is 11.2. The molecule has 2 aliphatic heterocycles. The zero-order valence-electron chi connectivity index (χ0n) is 18.0. The van der Waals surface area contributed by atoms with Gasteiger partial charge in [0, 0.05) is 45.2 Å². The summed E-state index contributed by atoms with van der Waals surface area (Å²) in [6, 6.07) is 17.2. The number of carbonyl (C=O) groups excluding carboxylic acids is 1. The maximum atomic E-state index is 12.4. The van der Waals surface area contributed by atoms with E-state index >= 15 is 0 Å². The van der Waals surface area contributed by atoms with Crippen LogP contribution in [0.2, 0.25) is 0 Å². The molecular weight excluding hydrogens is 374 g/mol. The van der Waals surface area contributed by atoms with Crippen LogP contribution < -0.4 is 10.1 Å². The van der Waals surface area contributed by atoms with Crippen LogP contribution in [0.5, 0.6) is 5.75 Å². The minimum atomic E-state index is 0.141. The minimum Gasteiger partial charge on any atom is -0.493 e. The van der Waals surface area contributed by atoms with Crippen molar-refractivity contribution in [3.8, 4) is 5.75 Å². The molecule has 2 heterocycles. The van der Waals surface area contributed by atoms with Crippen molar-refractivity contribution in [3.05, 3.63) is 65.2 Å². The van der Waals surface area contributed by atoms with Gasteiger partial charge < -0.3 is 10.1 Å². The molecule has 1 atom stereocenters. The van der Waals surface area contributed by atoms with E-state index in [2.05, 4.69) is 64.5 Å². The smallest absolute Gasteiger partial charge is 0.234 e. The zero-order chi connectivity index (χ0) is 20.8. The lowest BCUT2D eigenvalue weighted by Crippen LogP contribution is -2.50. The molecule has 0 bridgehead atoms. The summed E-state index contributed by atoms with van der Waals surface area (Å²) in [4.78, 5) is 17.2. The average Bonchev–Trinajstić information content (AvgIpc) is 3.22. The molecule has 0 aliphatic carbocycles. The number of benzene rings is 2. The van der Waals surface area contributed by atoms with Gasteiger partial charge in [0.25, 0.3) is 0 Å². The van der Waals surface area contributed by atoms with Gasteiger partial charge >= 0.3 is 0 Å². The number of carbonyl (C=O) groups is 1. The second-order valence-electron chi connectivity index (χ2n) is 8.59. The number of ether oxygens (including phenoxy) is 1. The molecule has 0 radical (unpaired) electrons. The molecule has 1 saturated heterocycles. The van der Waals surface area contributed by atoms with Crippen LogP contribution in [-0.2, 0) is 24.2 Å². The van der Waals surface area contributed by atoms with Gasteiger partial charge in [-0.3, -0.25) is 14.6 Å². The highest BCUT2D eigenvalue weighted by atomic mass is 16.5. The molecule has 1 amide bonds. The summed E-state index contributed by atoms with van der Waals surface area (Å²) in [5.74, 6) is 1.19. The Morgan fingerprint density at radius 2 is 1.80 bits per heavy atom. The predicted molar refractivity (Wildman–Crippen MR) is 120 cm³/mol. The van der Waals surface area contributed by atoms with Gasteiger partial charge in [0.2, 0.25) is 5.91 Å². The lowest BCUT2D eigenvalue weighted by molar-refractivity contribution is -0.123. The molecule has 5 nitrogen and oxygen atoms in total. The number of nitrogens with one attached hydrogen (secondary N) is 1. The Labute approximate surface area is 180 Å². The molecule has 1 N–H and O–H groups in total. The highest BCUT2D eigenvalue weighted by Crippen LogP contribution is 2.26. The number of piperazine rings is 1. The Kier molecular flexibility index (Phi) is 7.03. The van der Waals surface area contributed by atoms with E-state index in [1.54, 1.807) is 0 Å². The molecule has 0 aromatic heterocycles. The third kappa shape index (κ3) is 5.83. The molecule has 2 aromatic rings. The van der Waals surface area contributed by atoms with Gasteiger partial charge in [0.15, 0.2) is 0 Å². The molecule has 30 heavy (non-hydrogen) atoms. The standard InChI is InChI=1S/C25H33N3O2/c1-20(7-8-21-5-3-2-4-6-21)26-25(29)19-28-14-12-27(13-15-28)18-22-9-10-24-23(17-22)11-16-30-24/h2-6,9-10,17,20H,7-8,11-16,18-19H2,1H3,(H,26,29)/t20-/m0/s1. The predicted octanol–water partition coefficient (Wildman–Crippen LogP) is 2.88. The molecule has 2 aromatic carbocycles. The van der Waals surface area contributed by atoms with Crippen LogP contribution in [0, 0.1) is 0 Å². The van der Waals surface area contributed by atoms with E-state index in [-0.39, 0.29) is 11.9 Å². The molecule has 1 fully saturated rings. The van der Waals surface area contributed by atoms with Gasteiger partial charge in [-0.2, -0.15) is 0 Å². The monoisotopic (exact) mass is 407 g/mol. The van der Waals surface area contributed by atoms with Crippen LogP contribution in [0.25, 0.3) is 0 Å². The Morgan fingerprint density at radius 1 is 1.03 bits per heavy atom. The second-order valence-corrected chi connectivity index (χ2v) is 8.59. The van der Waals surface area contributed by atoms with Crippen molar-refractivity contribution >= 4 is 5.91 Å². The molecular formula is C25H33N3O2. The summed E-state index contributed by atoms with van der Waals surface area (Å²) in [6.07, 6.45) is 2.99. The summed E-state index contributed by atoms with van der Waals surface area (Å²) in [7, 11) is 0. The first-order valence-electron chi connectivity index (χ1n) is 11.2. The lowest BCUT2D eigenvalue weighted by atomic mass is 10.1. The number of amides is 1. The quantitative estimate of drug-likeness (QED) is 0.731. The highest BCUT2D eigenvalue weighted by molar-refractivity contribution is 5.78. The van der Waals surface area contributed by atoms with Gasteiger partial charge in [-0.05, 0) is 42.5 Å². The number of hydrogen-bond acceptors (Lipinski definition) is 4. The van der Waals surface area contributed by atoms with Gasteiger partial charge in [-0.1, -0.05) is 42.5 Å². The summed E-state index contributed by atoms with van der Waals surface area (Å²) in [5, 5.41) is 3.17. The number of nitrogens with zero attached hydrogens (tertiary/aromatic N) is 2. The van der Waals surface area contributed by atoms with E-state index in [0.717, 1.165) is 64.3 Å². The van der Waals surface area contributed by atoms with Crippen molar-refractivity contribution in [2.75, 3.05) is 39.3 Å². The van der Waals surface area contributed by atoms with Crippen molar-refractivity contribution in [2.45, 2.75) is 38.8 Å². The van der Waals surface area contributed by atoms with E-state index in [9.17, 15) is 4.79 Å².